The SMILES string of the molecule is Cn1c(O)c(/C=N/c2nc(-c3ccccc3)sc2-c2ccccc2)c(=O)[nH]c1=O. The molecule has 0 aliphatic rings. The van der Waals surface area contributed by atoms with Gasteiger partial charge in [0.1, 0.15) is 10.6 Å². The fourth-order valence-corrected chi connectivity index (χ4v) is 3.77. The summed E-state index contributed by atoms with van der Waals surface area (Å²) in [6.07, 6.45) is 1.23. The van der Waals surface area contributed by atoms with Gasteiger partial charge in [-0.15, -0.1) is 11.3 Å². The predicted molar refractivity (Wildman–Crippen MR) is 114 cm³/mol. The van der Waals surface area contributed by atoms with Crippen molar-refractivity contribution in [3.8, 4) is 26.9 Å². The average Bonchev–Trinajstić information content (AvgIpc) is 3.17. The van der Waals surface area contributed by atoms with Crippen LogP contribution in [0, 0.1) is 0 Å². The highest BCUT2D eigenvalue weighted by Gasteiger charge is 2.15. The van der Waals surface area contributed by atoms with E-state index in [1.165, 1.54) is 24.6 Å². The van der Waals surface area contributed by atoms with Crippen LogP contribution in [0.15, 0.2) is 75.2 Å². The van der Waals surface area contributed by atoms with Gasteiger partial charge in [-0.3, -0.25) is 14.3 Å². The van der Waals surface area contributed by atoms with Gasteiger partial charge < -0.3 is 5.11 Å². The van der Waals surface area contributed by atoms with E-state index in [4.69, 9.17) is 0 Å². The maximum atomic E-state index is 12.1. The first kappa shape index (κ1) is 18.6. The number of H-pyrrole nitrogens is 1. The van der Waals surface area contributed by atoms with Crippen LogP contribution >= 0.6 is 11.3 Å². The smallest absolute Gasteiger partial charge is 0.330 e. The summed E-state index contributed by atoms with van der Waals surface area (Å²) < 4.78 is 0.942. The van der Waals surface area contributed by atoms with E-state index in [0.29, 0.717) is 5.82 Å². The zero-order valence-electron chi connectivity index (χ0n) is 15.4. The molecule has 2 aromatic heterocycles. The van der Waals surface area contributed by atoms with E-state index in [9.17, 15) is 14.7 Å². The number of nitrogens with zero attached hydrogens (tertiary/aromatic N) is 3. The molecule has 4 rings (SSSR count). The number of aliphatic imine (C=N–C) groups is 1. The molecule has 2 heterocycles. The third-order valence-electron chi connectivity index (χ3n) is 4.31. The molecule has 2 N–H and O–H groups in total. The lowest BCUT2D eigenvalue weighted by Crippen LogP contribution is -2.30. The fourth-order valence-electron chi connectivity index (χ4n) is 2.75. The highest BCUT2D eigenvalue weighted by atomic mass is 32.1. The zero-order valence-corrected chi connectivity index (χ0v) is 16.2. The number of thiazole rings is 1. The molecule has 0 aliphatic carbocycles. The lowest BCUT2D eigenvalue weighted by Gasteiger charge is -2.03. The summed E-state index contributed by atoms with van der Waals surface area (Å²) in [6.45, 7) is 0. The lowest BCUT2D eigenvalue weighted by molar-refractivity contribution is 0.417. The quantitative estimate of drug-likeness (QED) is 0.510. The Morgan fingerprint density at radius 1 is 1.03 bits per heavy atom. The van der Waals surface area contributed by atoms with Gasteiger partial charge in [-0.05, 0) is 5.56 Å². The molecule has 0 saturated carbocycles. The van der Waals surface area contributed by atoms with Crippen molar-refractivity contribution in [3.63, 3.8) is 0 Å². The fraction of sp³-hybridized carbons (Fsp3) is 0.0476. The summed E-state index contributed by atoms with van der Waals surface area (Å²) in [5.74, 6) is -0.0324. The summed E-state index contributed by atoms with van der Waals surface area (Å²) in [7, 11) is 1.36. The van der Waals surface area contributed by atoms with Gasteiger partial charge in [-0.2, -0.15) is 0 Å². The second kappa shape index (κ2) is 7.69. The first-order chi connectivity index (χ1) is 14.0. The van der Waals surface area contributed by atoms with E-state index < -0.39 is 17.1 Å². The van der Waals surface area contributed by atoms with Crippen LogP contribution in [-0.4, -0.2) is 25.9 Å². The Morgan fingerprint density at radius 2 is 1.66 bits per heavy atom. The Bertz CT molecular complexity index is 1310. The van der Waals surface area contributed by atoms with Gasteiger partial charge in [0.05, 0.1) is 4.88 Å². The molecule has 0 unspecified atom stereocenters. The van der Waals surface area contributed by atoms with Gasteiger partial charge in [-0.25, -0.2) is 14.8 Å². The Labute approximate surface area is 169 Å². The Balaban J connectivity index is 1.84. The normalized spacial score (nSPS) is 11.2. The van der Waals surface area contributed by atoms with Crippen LogP contribution in [0.1, 0.15) is 5.56 Å². The van der Waals surface area contributed by atoms with Gasteiger partial charge in [0.2, 0.25) is 5.88 Å². The van der Waals surface area contributed by atoms with Crippen LogP contribution in [0.4, 0.5) is 5.82 Å². The molecule has 0 amide bonds. The first-order valence-electron chi connectivity index (χ1n) is 8.72. The molecule has 144 valence electrons. The van der Waals surface area contributed by atoms with Gasteiger partial charge >= 0.3 is 5.69 Å². The number of aromatic nitrogens is 3. The summed E-state index contributed by atoms with van der Waals surface area (Å²) in [5, 5.41) is 10.9. The molecule has 0 spiro atoms. The number of nitrogens with one attached hydrogen (secondary N) is 1. The largest absolute Gasteiger partial charge is 0.494 e. The van der Waals surface area contributed by atoms with Crippen LogP contribution < -0.4 is 11.2 Å². The Hall–Kier alpha value is -3.78. The molecule has 0 atom stereocenters. The maximum absolute atomic E-state index is 12.1. The number of aromatic hydroxyl groups is 1. The van der Waals surface area contributed by atoms with Crippen LogP contribution in [0.3, 0.4) is 0 Å². The van der Waals surface area contributed by atoms with E-state index >= 15 is 0 Å². The Kier molecular flexibility index (Phi) is 4.92. The first-order valence-corrected chi connectivity index (χ1v) is 9.54. The van der Waals surface area contributed by atoms with Crippen molar-refractivity contribution < 1.29 is 5.11 Å². The van der Waals surface area contributed by atoms with E-state index in [2.05, 4.69) is 15.0 Å². The summed E-state index contributed by atoms with van der Waals surface area (Å²) in [4.78, 5) is 35.6. The molecular formula is C21H16N4O3S. The maximum Gasteiger partial charge on any atom is 0.330 e. The number of rotatable bonds is 4. The van der Waals surface area contributed by atoms with Crippen molar-refractivity contribution in [1.29, 1.82) is 0 Å². The highest BCUT2D eigenvalue weighted by Crippen LogP contribution is 2.39. The second-order valence-electron chi connectivity index (χ2n) is 6.22. The summed E-state index contributed by atoms with van der Waals surface area (Å²) in [6, 6.07) is 19.4. The molecular weight excluding hydrogens is 388 g/mol. The van der Waals surface area contributed by atoms with Gasteiger partial charge in [0.25, 0.3) is 5.56 Å². The van der Waals surface area contributed by atoms with E-state index in [1.807, 2.05) is 60.7 Å². The van der Waals surface area contributed by atoms with Crippen LogP contribution in [0.25, 0.3) is 21.0 Å². The van der Waals surface area contributed by atoms with Crippen LogP contribution in [0.2, 0.25) is 0 Å². The van der Waals surface area contributed by atoms with Crippen molar-refractivity contribution in [2.45, 2.75) is 0 Å². The highest BCUT2D eigenvalue weighted by molar-refractivity contribution is 7.19. The third kappa shape index (κ3) is 3.65. The predicted octanol–water partition coefficient (Wildman–Crippen LogP) is 3.32. The van der Waals surface area contributed by atoms with Crippen molar-refractivity contribution in [3.05, 3.63) is 87.1 Å². The summed E-state index contributed by atoms with van der Waals surface area (Å²) >= 11 is 1.49. The average molecular weight is 404 g/mol. The van der Waals surface area contributed by atoms with Crippen LogP contribution in [-0.2, 0) is 7.05 Å². The lowest BCUT2D eigenvalue weighted by atomic mass is 10.2. The van der Waals surface area contributed by atoms with E-state index in [0.717, 1.165) is 25.6 Å². The minimum absolute atomic E-state index is 0.111. The molecule has 4 aromatic rings. The summed E-state index contributed by atoms with van der Waals surface area (Å²) in [5.41, 5.74) is 0.376. The molecule has 0 saturated heterocycles. The van der Waals surface area contributed by atoms with Crippen molar-refractivity contribution in [2.75, 3.05) is 0 Å². The molecule has 0 fully saturated rings. The van der Waals surface area contributed by atoms with Gasteiger partial charge in [0, 0.05) is 18.8 Å². The van der Waals surface area contributed by atoms with Crippen molar-refractivity contribution >= 4 is 23.4 Å². The van der Waals surface area contributed by atoms with Crippen molar-refractivity contribution in [2.24, 2.45) is 12.0 Å². The van der Waals surface area contributed by atoms with Gasteiger partial charge in [0.15, 0.2) is 5.82 Å². The molecule has 0 aliphatic heterocycles. The molecule has 2 aromatic carbocycles. The minimum Gasteiger partial charge on any atom is -0.494 e. The Morgan fingerprint density at radius 3 is 2.31 bits per heavy atom. The number of aromatic amines is 1. The van der Waals surface area contributed by atoms with E-state index in [1.54, 1.807) is 0 Å². The topological polar surface area (TPSA) is 100 Å². The molecule has 8 heteroatoms. The molecule has 0 bridgehead atoms. The van der Waals surface area contributed by atoms with Crippen LogP contribution in [0.5, 0.6) is 5.88 Å². The standard InChI is InChI=1S/C21H16N4O3S/c1-25-20(27)15(18(26)24-21(25)28)12-22-17-16(13-8-4-2-5-9-13)29-19(23-17)14-10-6-3-7-11-14/h2-12,27H,1H3,(H,24,26,28)/b22-12+. The monoisotopic (exact) mass is 404 g/mol. The third-order valence-corrected chi connectivity index (χ3v) is 5.45. The molecule has 29 heavy (non-hydrogen) atoms. The number of hydrogen-bond acceptors (Lipinski definition) is 6. The van der Waals surface area contributed by atoms with Gasteiger partial charge in [-0.1, -0.05) is 60.7 Å². The minimum atomic E-state index is -0.714. The van der Waals surface area contributed by atoms with Crippen molar-refractivity contribution in [1.82, 2.24) is 14.5 Å². The molecule has 0 radical (unpaired) electrons. The van der Waals surface area contributed by atoms with E-state index in [-0.39, 0.29) is 5.56 Å². The second-order valence-corrected chi connectivity index (χ2v) is 7.22. The number of hydrogen-bond donors (Lipinski definition) is 2. The number of benzene rings is 2. The molecule has 7 nitrogen and oxygen atoms in total. The zero-order chi connectivity index (χ0) is 20.4.